The van der Waals surface area contributed by atoms with Crippen molar-refractivity contribution in [1.82, 2.24) is 9.88 Å². The van der Waals surface area contributed by atoms with Crippen molar-refractivity contribution in [3.8, 4) is 0 Å². The van der Waals surface area contributed by atoms with Gasteiger partial charge in [0.15, 0.2) is 0 Å². The van der Waals surface area contributed by atoms with Gasteiger partial charge in [-0.3, -0.25) is 9.88 Å². The summed E-state index contributed by atoms with van der Waals surface area (Å²) < 4.78 is 0. The summed E-state index contributed by atoms with van der Waals surface area (Å²) in [6, 6.07) is 13.6. The molecule has 3 rings (SSSR count). The molecule has 20 heavy (non-hydrogen) atoms. The van der Waals surface area contributed by atoms with Gasteiger partial charge >= 0.3 is 0 Å². The van der Waals surface area contributed by atoms with E-state index < -0.39 is 0 Å². The van der Waals surface area contributed by atoms with Crippen molar-refractivity contribution in [2.45, 2.75) is 32.4 Å². The number of hydrogen-bond donors (Lipinski definition) is 1. The van der Waals surface area contributed by atoms with Gasteiger partial charge in [-0.15, -0.1) is 0 Å². The van der Waals surface area contributed by atoms with Gasteiger partial charge in [0.25, 0.3) is 0 Å². The van der Waals surface area contributed by atoms with Crippen LogP contribution in [-0.2, 0) is 0 Å². The summed E-state index contributed by atoms with van der Waals surface area (Å²) in [5, 5.41) is 1.20. The predicted molar refractivity (Wildman–Crippen MR) is 83.5 cm³/mol. The van der Waals surface area contributed by atoms with E-state index in [1.807, 2.05) is 6.07 Å². The summed E-state index contributed by atoms with van der Waals surface area (Å²) in [4.78, 5) is 7.43. The Balaban J connectivity index is 2.02. The maximum Gasteiger partial charge on any atom is 0.0706 e. The molecule has 1 aromatic carbocycles. The molecule has 3 nitrogen and oxygen atoms in total. The van der Waals surface area contributed by atoms with Crippen LogP contribution in [0.2, 0.25) is 0 Å². The lowest BCUT2D eigenvalue weighted by atomic mass is 9.96. The van der Waals surface area contributed by atoms with Crippen molar-refractivity contribution in [3.63, 3.8) is 0 Å². The molecule has 1 saturated heterocycles. The summed E-state index contributed by atoms with van der Waals surface area (Å²) in [5.74, 6) is 0.520. The van der Waals surface area contributed by atoms with Gasteiger partial charge in [-0.05, 0) is 51.4 Å². The van der Waals surface area contributed by atoms with Crippen molar-refractivity contribution in [3.05, 3.63) is 42.1 Å². The Hall–Kier alpha value is -1.45. The quantitative estimate of drug-likeness (QED) is 0.931. The molecular formula is C17H23N3. The molecule has 0 bridgehead atoms. The van der Waals surface area contributed by atoms with E-state index in [9.17, 15) is 0 Å². The molecule has 0 aliphatic carbocycles. The van der Waals surface area contributed by atoms with E-state index in [4.69, 9.17) is 10.7 Å². The van der Waals surface area contributed by atoms with E-state index in [2.05, 4.69) is 49.1 Å². The van der Waals surface area contributed by atoms with Crippen LogP contribution in [0.1, 0.15) is 32.0 Å². The highest BCUT2D eigenvalue weighted by Crippen LogP contribution is 2.37. The molecule has 106 valence electrons. The second-order valence-corrected chi connectivity index (χ2v) is 5.99. The average molecular weight is 269 g/mol. The second kappa shape index (κ2) is 5.51. The number of aromatic nitrogens is 1. The molecule has 3 heteroatoms. The zero-order valence-corrected chi connectivity index (χ0v) is 12.3. The number of hydrogen-bond acceptors (Lipinski definition) is 3. The molecule has 2 atom stereocenters. The first kappa shape index (κ1) is 13.5. The molecule has 2 unspecified atom stereocenters. The fourth-order valence-electron chi connectivity index (χ4n) is 3.37. The molecular weight excluding hydrogens is 246 g/mol. The number of nitrogens with zero attached hydrogens (tertiary/aromatic N) is 2. The predicted octanol–water partition coefficient (Wildman–Crippen LogP) is 2.96. The zero-order chi connectivity index (χ0) is 14.1. The molecule has 1 fully saturated rings. The number of benzene rings is 1. The molecule has 2 N–H and O–H groups in total. The molecule has 2 aromatic rings. The fraction of sp³-hybridized carbons (Fsp3) is 0.471. The molecule has 0 saturated carbocycles. The van der Waals surface area contributed by atoms with E-state index >= 15 is 0 Å². The molecule has 0 spiro atoms. The second-order valence-electron chi connectivity index (χ2n) is 5.99. The van der Waals surface area contributed by atoms with Gasteiger partial charge in [-0.2, -0.15) is 0 Å². The maximum absolute atomic E-state index is 5.98. The van der Waals surface area contributed by atoms with Gasteiger partial charge in [0, 0.05) is 11.4 Å². The zero-order valence-electron chi connectivity index (χ0n) is 12.3. The van der Waals surface area contributed by atoms with Gasteiger partial charge in [0.05, 0.1) is 17.3 Å². The largest absolute Gasteiger partial charge is 0.330 e. The van der Waals surface area contributed by atoms with Gasteiger partial charge in [0.1, 0.15) is 0 Å². The summed E-state index contributed by atoms with van der Waals surface area (Å²) in [7, 11) is 0. The van der Waals surface area contributed by atoms with Gasteiger partial charge < -0.3 is 5.73 Å². The van der Waals surface area contributed by atoms with E-state index in [0.717, 1.165) is 18.6 Å². The Labute approximate surface area is 120 Å². The highest BCUT2D eigenvalue weighted by molar-refractivity contribution is 5.78. The van der Waals surface area contributed by atoms with Crippen molar-refractivity contribution in [1.29, 1.82) is 0 Å². The fourth-order valence-corrected chi connectivity index (χ4v) is 3.37. The third-order valence-electron chi connectivity index (χ3n) is 4.45. The lowest BCUT2D eigenvalue weighted by Crippen LogP contribution is -2.33. The maximum atomic E-state index is 5.98. The number of para-hydroxylation sites is 1. The first-order valence-corrected chi connectivity index (χ1v) is 7.52. The number of rotatable bonds is 3. The molecule has 2 heterocycles. The summed E-state index contributed by atoms with van der Waals surface area (Å²) in [6.45, 7) is 6.38. The highest BCUT2D eigenvalue weighted by atomic mass is 15.2. The summed E-state index contributed by atoms with van der Waals surface area (Å²) >= 11 is 0. The van der Waals surface area contributed by atoms with Crippen LogP contribution in [0.15, 0.2) is 36.4 Å². The molecule has 0 radical (unpaired) electrons. The van der Waals surface area contributed by atoms with Crippen LogP contribution in [0.5, 0.6) is 0 Å². The van der Waals surface area contributed by atoms with E-state index in [1.54, 1.807) is 0 Å². The number of likely N-dealkylation sites (tertiary alicyclic amines) is 1. The van der Waals surface area contributed by atoms with Gasteiger partial charge in [-0.25, -0.2) is 0 Å². The number of pyridine rings is 1. The van der Waals surface area contributed by atoms with Gasteiger partial charge in [0.2, 0.25) is 0 Å². The van der Waals surface area contributed by atoms with E-state index in [1.165, 1.54) is 17.5 Å². The van der Waals surface area contributed by atoms with Crippen LogP contribution < -0.4 is 5.73 Å². The minimum atomic E-state index is 0.365. The van der Waals surface area contributed by atoms with Crippen LogP contribution >= 0.6 is 0 Å². The third-order valence-corrected chi connectivity index (χ3v) is 4.45. The summed E-state index contributed by atoms with van der Waals surface area (Å²) in [5.41, 5.74) is 8.23. The Bertz CT molecular complexity index is 594. The standard InChI is InChI=1S/C17H23N3/c1-12(2)20-10-9-14(11-18)17(20)16-8-7-13-5-3-4-6-15(13)19-16/h3-8,12,14,17H,9-11,18H2,1-2H3. The van der Waals surface area contributed by atoms with Gasteiger partial charge in [-0.1, -0.05) is 24.3 Å². The normalized spacial score (nSPS) is 23.8. The Morgan fingerprint density at radius 3 is 2.80 bits per heavy atom. The van der Waals surface area contributed by atoms with Crippen molar-refractivity contribution in [2.75, 3.05) is 13.1 Å². The molecule has 1 aliphatic rings. The van der Waals surface area contributed by atoms with Crippen molar-refractivity contribution >= 4 is 10.9 Å². The molecule has 1 aliphatic heterocycles. The minimum absolute atomic E-state index is 0.365. The first-order valence-electron chi connectivity index (χ1n) is 7.52. The minimum Gasteiger partial charge on any atom is -0.330 e. The van der Waals surface area contributed by atoms with E-state index in [0.29, 0.717) is 18.0 Å². The Morgan fingerprint density at radius 2 is 2.05 bits per heavy atom. The van der Waals surface area contributed by atoms with Crippen LogP contribution in [0.4, 0.5) is 0 Å². The average Bonchev–Trinajstić information content (AvgIpc) is 2.90. The van der Waals surface area contributed by atoms with Crippen LogP contribution in [0.25, 0.3) is 10.9 Å². The topological polar surface area (TPSA) is 42.1 Å². The van der Waals surface area contributed by atoms with Crippen LogP contribution in [-0.4, -0.2) is 29.0 Å². The Morgan fingerprint density at radius 1 is 1.25 bits per heavy atom. The SMILES string of the molecule is CC(C)N1CCC(CN)C1c1ccc2ccccc2n1. The van der Waals surface area contributed by atoms with E-state index in [-0.39, 0.29) is 0 Å². The summed E-state index contributed by atoms with van der Waals surface area (Å²) in [6.07, 6.45) is 1.17. The van der Waals surface area contributed by atoms with Crippen molar-refractivity contribution < 1.29 is 0 Å². The first-order chi connectivity index (χ1) is 9.70. The monoisotopic (exact) mass is 269 g/mol. The lowest BCUT2D eigenvalue weighted by Gasteiger charge is -2.30. The third kappa shape index (κ3) is 2.32. The molecule has 1 aromatic heterocycles. The number of nitrogens with two attached hydrogens (primary N) is 1. The van der Waals surface area contributed by atoms with Crippen LogP contribution in [0.3, 0.4) is 0 Å². The van der Waals surface area contributed by atoms with Crippen molar-refractivity contribution in [2.24, 2.45) is 11.7 Å². The smallest absolute Gasteiger partial charge is 0.0706 e. The molecule has 0 amide bonds. The highest BCUT2D eigenvalue weighted by Gasteiger charge is 2.36. The number of fused-ring (bicyclic) bond motifs is 1. The van der Waals surface area contributed by atoms with Crippen LogP contribution in [0, 0.1) is 5.92 Å². The Kier molecular flexibility index (Phi) is 3.72. The lowest BCUT2D eigenvalue weighted by molar-refractivity contribution is 0.181.